The first-order valence-corrected chi connectivity index (χ1v) is 8.87. The lowest BCUT2D eigenvalue weighted by Crippen LogP contribution is -2.44. The Hall–Kier alpha value is -0.770. The lowest BCUT2D eigenvalue weighted by Gasteiger charge is -2.32. The number of likely N-dealkylation sites (tertiary alicyclic amines) is 1. The van der Waals surface area contributed by atoms with Crippen LogP contribution in [0.15, 0.2) is 18.2 Å². The minimum atomic E-state index is 0. The number of rotatable bonds is 7. The molecule has 3 rings (SSSR count). The summed E-state index contributed by atoms with van der Waals surface area (Å²) in [4.78, 5) is 2.54. The molecule has 0 unspecified atom stereocenters. The standard InChI is InChI=1S/C19H30N2O.ClH/c1-15-4-3-5-16(2)19(15)22-13-12-21-10-8-18(9-11-21)20-14-17-6-7-17;/h3-5,17-18,20H,6-14H2,1-2H3;1H. The van der Waals surface area contributed by atoms with Gasteiger partial charge >= 0.3 is 0 Å². The number of piperidine rings is 1. The number of para-hydroxylation sites is 1. The van der Waals surface area contributed by atoms with Crippen LogP contribution in [0.1, 0.15) is 36.8 Å². The highest BCUT2D eigenvalue weighted by molar-refractivity contribution is 5.85. The minimum Gasteiger partial charge on any atom is -0.492 e. The summed E-state index contributed by atoms with van der Waals surface area (Å²) in [6.45, 7) is 9.75. The Morgan fingerprint density at radius 1 is 1.09 bits per heavy atom. The van der Waals surface area contributed by atoms with Gasteiger partial charge in [-0.15, -0.1) is 12.4 Å². The Bertz CT molecular complexity index is 462. The lowest BCUT2D eigenvalue weighted by atomic mass is 10.0. The highest BCUT2D eigenvalue weighted by atomic mass is 35.5. The second-order valence-electron chi connectivity index (χ2n) is 7.04. The first-order chi connectivity index (χ1) is 10.7. The topological polar surface area (TPSA) is 24.5 Å². The highest BCUT2D eigenvalue weighted by Crippen LogP contribution is 2.28. The smallest absolute Gasteiger partial charge is 0.125 e. The van der Waals surface area contributed by atoms with E-state index in [9.17, 15) is 0 Å². The monoisotopic (exact) mass is 338 g/mol. The van der Waals surface area contributed by atoms with Gasteiger partial charge in [-0.3, -0.25) is 4.90 Å². The van der Waals surface area contributed by atoms with Crippen molar-refractivity contribution >= 4 is 12.4 Å². The van der Waals surface area contributed by atoms with E-state index in [1.807, 2.05) is 0 Å². The van der Waals surface area contributed by atoms with Gasteiger partial charge < -0.3 is 10.1 Å². The molecular weight excluding hydrogens is 308 g/mol. The van der Waals surface area contributed by atoms with Gasteiger partial charge in [0.05, 0.1) is 0 Å². The van der Waals surface area contributed by atoms with E-state index >= 15 is 0 Å². The van der Waals surface area contributed by atoms with Crippen LogP contribution in [0, 0.1) is 19.8 Å². The Morgan fingerprint density at radius 2 is 1.74 bits per heavy atom. The van der Waals surface area contributed by atoms with Crippen molar-refractivity contribution in [3.63, 3.8) is 0 Å². The average molecular weight is 339 g/mol. The molecule has 4 heteroatoms. The number of benzene rings is 1. The van der Waals surface area contributed by atoms with Crippen molar-refractivity contribution in [1.29, 1.82) is 0 Å². The third kappa shape index (κ3) is 5.66. The van der Waals surface area contributed by atoms with E-state index in [1.54, 1.807) is 0 Å². The van der Waals surface area contributed by atoms with Gasteiger partial charge in [-0.2, -0.15) is 0 Å². The molecule has 1 aliphatic heterocycles. The Labute approximate surface area is 147 Å². The van der Waals surface area contributed by atoms with Crippen LogP contribution in [0.3, 0.4) is 0 Å². The molecule has 0 radical (unpaired) electrons. The number of aryl methyl sites for hydroxylation is 2. The molecule has 1 aromatic rings. The van der Waals surface area contributed by atoms with Gasteiger partial charge in [-0.1, -0.05) is 18.2 Å². The average Bonchev–Trinajstić information content (AvgIpc) is 3.34. The predicted octanol–water partition coefficient (Wildman–Crippen LogP) is 3.57. The van der Waals surface area contributed by atoms with Gasteiger partial charge in [0.2, 0.25) is 0 Å². The maximum atomic E-state index is 6.03. The van der Waals surface area contributed by atoms with E-state index < -0.39 is 0 Å². The third-order valence-electron chi connectivity index (χ3n) is 5.04. The van der Waals surface area contributed by atoms with Crippen molar-refractivity contribution in [3.8, 4) is 5.75 Å². The molecule has 1 N–H and O–H groups in total. The van der Waals surface area contributed by atoms with E-state index in [-0.39, 0.29) is 12.4 Å². The summed E-state index contributed by atoms with van der Waals surface area (Å²) in [5.41, 5.74) is 2.48. The summed E-state index contributed by atoms with van der Waals surface area (Å²) in [6, 6.07) is 7.09. The second kappa shape index (κ2) is 8.91. The van der Waals surface area contributed by atoms with E-state index in [1.165, 1.54) is 56.4 Å². The number of nitrogens with one attached hydrogen (secondary N) is 1. The molecule has 2 fully saturated rings. The zero-order valence-electron chi connectivity index (χ0n) is 14.5. The maximum absolute atomic E-state index is 6.03. The molecule has 0 amide bonds. The van der Waals surface area contributed by atoms with Gasteiger partial charge in [0.1, 0.15) is 12.4 Å². The number of halogens is 1. The van der Waals surface area contributed by atoms with Gasteiger partial charge in [-0.05, 0) is 76.2 Å². The molecule has 23 heavy (non-hydrogen) atoms. The summed E-state index contributed by atoms with van der Waals surface area (Å²) in [5.74, 6) is 2.06. The molecule has 1 heterocycles. The Kier molecular flexibility index (Phi) is 7.19. The highest BCUT2D eigenvalue weighted by Gasteiger charge is 2.24. The van der Waals surface area contributed by atoms with Crippen LogP contribution in [-0.4, -0.2) is 43.7 Å². The zero-order chi connectivity index (χ0) is 15.4. The zero-order valence-corrected chi connectivity index (χ0v) is 15.3. The molecule has 0 atom stereocenters. The van der Waals surface area contributed by atoms with Crippen LogP contribution >= 0.6 is 12.4 Å². The molecule has 3 nitrogen and oxygen atoms in total. The molecule has 0 bridgehead atoms. The first kappa shape index (κ1) is 18.6. The van der Waals surface area contributed by atoms with Crippen molar-refractivity contribution in [2.24, 2.45) is 5.92 Å². The fourth-order valence-corrected chi connectivity index (χ4v) is 3.32. The maximum Gasteiger partial charge on any atom is 0.125 e. The van der Waals surface area contributed by atoms with Crippen LogP contribution in [0.25, 0.3) is 0 Å². The Morgan fingerprint density at radius 3 is 2.35 bits per heavy atom. The fourth-order valence-electron chi connectivity index (χ4n) is 3.32. The second-order valence-corrected chi connectivity index (χ2v) is 7.04. The number of hydrogen-bond acceptors (Lipinski definition) is 3. The van der Waals surface area contributed by atoms with Crippen LogP contribution in [0.2, 0.25) is 0 Å². The molecule has 1 saturated carbocycles. The van der Waals surface area contributed by atoms with Gasteiger partial charge in [0, 0.05) is 12.6 Å². The summed E-state index contributed by atoms with van der Waals surface area (Å²) in [7, 11) is 0. The summed E-state index contributed by atoms with van der Waals surface area (Å²) in [5, 5.41) is 3.74. The van der Waals surface area contributed by atoms with E-state index in [0.29, 0.717) is 0 Å². The molecule has 1 aliphatic carbocycles. The van der Waals surface area contributed by atoms with Gasteiger partial charge in [0.25, 0.3) is 0 Å². The number of ether oxygens (including phenoxy) is 1. The summed E-state index contributed by atoms with van der Waals surface area (Å²) < 4.78 is 6.03. The van der Waals surface area contributed by atoms with Crippen molar-refractivity contribution in [1.82, 2.24) is 10.2 Å². The molecule has 2 aliphatic rings. The van der Waals surface area contributed by atoms with E-state index in [0.717, 1.165) is 30.9 Å². The predicted molar refractivity (Wildman–Crippen MR) is 98.8 cm³/mol. The van der Waals surface area contributed by atoms with Crippen LogP contribution in [0.5, 0.6) is 5.75 Å². The molecule has 0 spiro atoms. The van der Waals surface area contributed by atoms with Crippen LogP contribution < -0.4 is 10.1 Å². The van der Waals surface area contributed by atoms with Crippen molar-refractivity contribution in [2.75, 3.05) is 32.8 Å². The lowest BCUT2D eigenvalue weighted by molar-refractivity contribution is 0.164. The Balaban J connectivity index is 0.00000192. The van der Waals surface area contributed by atoms with Gasteiger partial charge in [-0.25, -0.2) is 0 Å². The SMILES string of the molecule is Cc1cccc(C)c1OCCN1CCC(NCC2CC2)CC1.Cl. The molecule has 0 aromatic heterocycles. The van der Waals surface area contributed by atoms with Crippen LogP contribution in [0.4, 0.5) is 0 Å². The van der Waals surface area contributed by atoms with Crippen molar-refractivity contribution < 1.29 is 4.74 Å². The first-order valence-electron chi connectivity index (χ1n) is 8.87. The summed E-state index contributed by atoms with van der Waals surface area (Å²) >= 11 is 0. The molecule has 1 saturated heterocycles. The van der Waals surface area contributed by atoms with Crippen LogP contribution in [-0.2, 0) is 0 Å². The fraction of sp³-hybridized carbons (Fsp3) is 0.684. The van der Waals surface area contributed by atoms with E-state index in [2.05, 4.69) is 42.3 Å². The molecule has 1 aromatic carbocycles. The van der Waals surface area contributed by atoms with Crippen molar-refractivity contribution in [2.45, 2.75) is 45.6 Å². The normalized spacial score (nSPS) is 19.4. The third-order valence-corrected chi connectivity index (χ3v) is 5.04. The largest absolute Gasteiger partial charge is 0.492 e. The molecule has 130 valence electrons. The number of nitrogens with zero attached hydrogens (tertiary/aromatic N) is 1. The van der Waals surface area contributed by atoms with E-state index in [4.69, 9.17) is 4.74 Å². The number of hydrogen-bond donors (Lipinski definition) is 1. The quantitative estimate of drug-likeness (QED) is 0.822. The van der Waals surface area contributed by atoms with Crippen molar-refractivity contribution in [3.05, 3.63) is 29.3 Å². The van der Waals surface area contributed by atoms with Gasteiger partial charge in [0.15, 0.2) is 0 Å². The summed E-state index contributed by atoms with van der Waals surface area (Å²) in [6.07, 6.45) is 5.47. The molecular formula is C19H31ClN2O. The minimum absolute atomic E-state index is 0.